The molecule has 0 fully saturated rings. The van der Waals surface area contributed by atoms with E-state index in [1.54, 1.807) is 18.2 Å². The minimum atomic E-state index is -3.42. The summed E-state index contributed by atoms with van der Waals surface area (Å²) >= 11 is 0. The van der Waals surface area contributed by atoms with Crippen LogP contribution in [0.4, 0.5) is 0 Å². The van der Waals surface area contributed by atoms with Crippen LogP contribution < -0.4 is 0 Å². The Morgan fingerprint density at radius 3 is 2.27 bits per heavy atom. The lowest BCUT2D eigenvalue weighted by atomic mass is 10.0. The van der Waals surface area contributed by atoms with E-state index in [9.17, 15) is 18.6 Å². The van der Waals surface area contributed by atoms with Crippen molar-refractivity contribution in [2.45, 2.75) is 37.1 Å². The Labute approximate surface area is 134 Å². The molecule has 0 aliphatic heterocycles. The van der Waals surface area contributed by atoms with E-state index in [0.717, 1.165) is 0 Å². The lowest BCUT2D eigenvalue weighted by molar-refractivity contribution is 0.0939. The largest absolute Gasteiger partial charge is 0.395 e. The number of hydrogen-bond acceptors (Lipinski definition) is 4. The Morgan fingerprint density at radius 2 is 1.77 bits per heavy atom. The first-order valence-electron chi connectivity index (χ1n) is 7.25. The predicted octanol–water partition coefficient (Wildman–Crippen LogP) is 1.70. The maximum absolute atomic E-state index is 12.2. The summed E-state index contributed by atoms with van der Waals surface area (Å²) in [7, 11) is -5.02. The maximum atomic E-state index is 12.2. The lowest BCUT2D eigenvalue weighted by Crippen LogP contribution is -2.26. The highest BCUT2D eigenvalue weighted by Gasteiger charge is 2.21. The van der Waals surface area contributed by atoms with Crippen molar-refractivity contribution in [3.63, 3.8) is 0 Å². The number of hydrogen-bond donors (Lipinski definition) is 2. The van der Waals surface area contributed by atoms with Crippen LogP contribution in [-0.2, 0) is 9.84 Å². The minimum absolute atomic E-state index is 0.0584. The summed E-state index contributed by atoms with van der Waals surface area (Å²) in [6, 6.07) is 8.16. The summed E-state index contributed by atoms with van der Waals surface area (Å²) in [5.41, 5.74) is 3.10. The molecule has 0 radical (unpaired) electrons. The molecule has 0 aliphatic carbocycles. The first-order valence-corrected chi connectivity index (χ1v) is 12.4. The summed E-state index contributed by atoms with van der Waals surface area (Å²) in [4.78, 5) is 0.246. The minimum Gasteiger partial charge on any atom is -0.395 e. The second kappa shape index (κ2) is 7.93. The molecule has 2 N–H and O–H groups in total. The molecule has 1 rings (SSSR count). The van der Waals surface area contributed by atoms with E-state index >= 15 is 0 Å². The van der Waals surface area contributed by atoms with Gasteiger partial charge in [-0.3, -0.25) is 0 Å². The third kappa shape index (κ3) is 6.32. The van der Waals surface area contributed by atoms with Gasteiger partial charge in [0.05, 0.1) is 29.3 Å². The van der Waals surface area contributed by atoms with E-state index in [1.807, 2.05) is 0 Å². The normalized spacial score (nSPS) is 14.8. The summed E-state index contributed by atoms with van der Waals surface area (Å²) in [6.07, 6.45) is -0.893. The first-order chi connectivity index (χ1) is 10.2. The fraction of sp³-hybridized carbons (Fsp3) is 0.500. The Morgan fingerprint density at radius 1 is 1.18 bits per heavy atom. The zero-order chi connectivity index (χ0) is 16.8. The van der Waals surface area contributed by atoms with Crippen molar-refractivity contribution in [2.24, 2.45) is 5.92 Å². The van der Waals surface area contributed by atoms with Gasteiger partial charge in [-0.1, -0.05) is 37.8 Å². The molecular formula is C16H24O4SSi. The summed E-state index contributed by atoms with van der Waals surface area (Å²) in [5.74, 6) is 2.14. The molecular weight excluding hydrogens is 316 g/mol. The molecule has 0 saturated heterocycles. The van der Waals surface area contributed by atoms with Gasteiger partial charge in [-0.15, -0.1) is 11.5 Å². The van der Waals surface area contributed by atoms with E-state index in [-0.39, 0.29) is 23.7 Å². The molecule has 0 aromatic heterocycles. The molecule has 0 spiro atoms. The maximum Gasteiger partial charge on any atom is 0.178 e. The first kappa shape index (κ1) is 18.9. The molecule has 6 heteroatoms. The van der Waals surface area contributed by atoms with Crippen LogP contribution in [0.5, 0.6) is 0 Å². The highest BCUT2D eigenvalue weighted by Crippen LogP contribution is 2.15. The summed E-state index contributed by atoms with van der Waals surface area (Å²) < 4.78 is 24.3. The molecule has 22 heavy (non-hydrogen) atoms. The van der Waals surface area contributed by atoms with Crippen LogP contribution >= 0.6 is 0 Å². The van der Waals surface area contributed by atoms with Crippen LogP contribution in [0.2, 0.25) is 19.6 Å². The number of aliphatic hydroxyl groups is 2. The topological polar surface area (TPSA) is 74.6 Å². The highest BCUT2D eigenvalue weighted by molar-refractivity contribution is 7.91. The SMILES string of the molecule is C[Si](C)(C)C#C[C@H](CO)[C@@H](O)CCS(=O)(=O)c1ccccc1. The third-order valence-electron chi connectivity index (χ3n) is 3.08. The zero-order valence-corrected chi connectivity index (χ0v) is 15.1. The molecule has 0 unspecified atom stereocenters. The average molecular weight is 341 g/mol. The number of rotatable bonds is 6. The second-order valence-electron chi connectivity index (χ2n) is 6.30. The molecule has 122 valence electrons. The Bertz CT molecular complexity index is 624. The van der Waals surface area contributed by atoms with Gasteiger partial charge in [0.15, 0.2) is 9.84 Å². The molecule has 0 saturated carbocycles. The van der Waals surface area contributed by atoms with E-state index < -0.39 is 29.9 Å². The average Bonchev–Trinajstić information content (AvgIpc) is 2.45. The number of benzene rings is 1. The van der Waals surface area contributed by atoms with Gasteiger partial charge >= 0.3 is 0 Å². The van der Waals surface area contributed by atoms with Crippen molar-refractivity contribution < 1.29 is 18.6 Å². The molecule has 0 bridgehead atoms. The Balaban J connectivity index is 2.71. The van der Waals surface area contributed by atoms with Gasteiger partial charge in [-0.25, -0.2) is 8.42 Å². The zero-order valence-electron chi connectivity index (χ0n) is 13.3. The van der Waals surface area contributed by atoms with Crippen LogP contribution in [0.15, 0.2) is 35.2 Å². The molecule has 0 heterocycles. The molecule has 1 aromatic carbocycles. The second-order valence-corrected chi connectivity index (χ2v) is 13.2. The van der Waals surface area contributed by atoms with Gasteiger partial charge < -0.3 is 10.2 Å². The van der Waals surface area contributed by atoms with Crippen molar-refractivity contribution in [1.29, 1.82) is 0 Å². The van der Waals surface area contributed by atoms with Crippen LogP contribution in [0.25, 0.3) is 0 Å². The fourth-order valence-electron chi connectivity index (χ4n) is 1.80. The van der Waals surface area contributed by atoms with Gasteiger partial charge in [-0.05, 0) is 18.6 Å². The van der Waals surface area contributed by atoms with Crippen molar-refractivity contribution in [1.82, 2.24) is 0 Å². The highest BCUT2D eigenvalue weighted by atomic mass is 32.2. The molecule has 0 amide bonds. The Hall–Kier alpha value is -1.13. The van der Waals surface area contributed by atoms with Crippen molar-refractivity contribution in [2.75, 3.05) is 12.4 Å². The van der Waals surface area contributed by atoms with Gasteiger partial charge in [0.1, 0.15) is 8.07 Å². The van der Waals surface area contributed by atoms with Crippen molar-refractivity contribution in [3.8, 4) is 11.5 Å². The van der Waals surface area contributed by atoms with Crippen LogP contribution in [-0.4, -0.2) is 45.2 Å². The van der Waals surface area contributed by atoms with Gasteiger partial charge in [0.2, 0.25) is 0 Å². The van der Waals surface area contributed by atoms with Crippen LogP contribution in [0, 0.1) is 17.4 Å². The molecule has 4 nitrogen and oxygen atoms in total. The van der Waals surface area contributed by atoms with E-state index in [2.05, 4.69) is 31.1 Å². The quantitative estimate of drug-likeness (QED) is 0.610. The summed E-state index contributed by atoms with van der Waals surface area (Å²) in [6.45, 7) is 5.94. The monoisotopic (exact) mass is 340 g/mol. The van der Waals surface area contributed by atoms with Crippen LogP contribution in [0.1, 0.15) is 6.42 Å². The van der Waals surface area contributed by atoms with Gasteiger partial charge in [-0.2, -0.15) is 0 Å². The predicted molar refractivity (Wildman–Crippen MR) is 90.8 cm³/mol. The smallest absolute Gasteiger partial charge is 0.178 e. The number of sulfone groups is 1. The van der Waals surface area contributed by atoms with E-state index in [1.165, 1.54) is 12.1 Å². The van der Waals surface area contributed by atoms with E-state index in [4.69, 9.17) is 0 Å². The number of aliphatic hydroxyl groups excluding tert-OH is 2. The third-order valence-corrected chi connectivity index (χ3v) is 5.74. The van der Waals surface area contributed by atoms with E-state index in [0.29, 0.717) is 0 Å². The van der Waals surface area contributed by atoms with Gasteiger partial charge in [0, 0.05) is 0 Å². The molecule has 2 atom stereocenters. The molecule has 0 aliphatic rings. The lowest BCUT2D eigenvalue weighted by Gasteiger charge is -2.16. The van der Waals surface area contributed by atoms with Crippen molar-refractivity contribution >= 4 is 17.9 Å². The van der Waals surface area contributed by atoms with Gasteiger partial charge in [0.25, 0.3) is 0 Å². The Kier molecular flexibility index (Phi) is 6.82. The standard InChI is InChI=1S/C16H24O4SSi/c1-22(2,3)12-10-14(13-17)16(18)9-11-21(19,20)15-7-5-4-6-8-15/h4-8,14,16-18H,9,11,13H2,1-3H3/t14-,16+/m1/s1. The van der Waals surface area contributed by atoms with Crippen molar-refractivity contribution in [3.05, 3.63) is 30.3 Å². The van der Waals surface area contributed by atoms with Crippen LogP contribution in [0.3, 0.4) is 0 Å². The fourth-order valence-corrected chi connectivity index (χ4v) is 3.77. The molecule has 1 aromatic rings. The summed E-state index contributed by atoms with van der Waals surface area (Å²) in [5, 5.41) is 19.4.